The molecule has 0 bridgehead atoms. The fourth-order valence-electron chi connectivity index (χ4n) is 1.94. The van der Waals surface area contributed by atoms with Crippen LogP contribution in [0.3, 0.4) is 0 Å². The predicted molar refractivity (Wildman–Crippen MR) is 70.0 cm³/mol. The van der Waals surface area contributed by atoms with Gasteiger partial charge in [-0.15, -0.1) is 11.8 Å². The molecule has 1 aromatic rings. The lowest BCUT2D eigenvalue weighted by atomic mass is 9.99. The van der Waals surface area contributed by atoms with Gasteiger partial charge in [-0.1, -0.05) is 6.92 Å². The van der Waals surface area contributed by atoms with Crippen LogP contribution < -0.4 is 5.32 Å². The minimum Gasteiger partial charge on any atom is -0.310 e. The summed E-state index contributed by atoms with van der Waals surface area (Å²) in [5.74, 6) is -4.24. The molecule has 6 heteroatoms. The van der Waals surface area contributed by atoms with E-state index in [0.717, 1.165) is 0 Å². The molecule has 0 aromatic heterocycles. The first-order valence-electron chi connectivity index (χ1n) is 6.59. The van der Waals surface area contributed by atoms with E-state index in [2.05, 4.69) is 17.2 Å². The molecule has 0 heterocycles. The Hall–Kier alpha value is -1.61. The number of halogens is 5. The maximum atomic E-state index is 13.8. The minimum atomic E-state index is -2.14. The Balaban J connectivity index is 3.24. The molecule has 0 aliphatic rings. The molecule has 1 rings (SSSR count). The predicted octanol–water partition coefficient (Wildman–Crippen LogP) is 4.23. The van der Waals surface area contributed by atoms with E-state index in [1.807, 2.05) is 6.92 Å². The maximum absolute atomic E-state index is 13.8. The van der Waals surface area contributed by atoms with Gasteiger partial charge in [0.1, 0.15) is 0 Å². The second-order valence-corrected chi connectivity index (χ2v) is 4.46. The lowest BCUT2D eigenvalue weighted by molar-refractivity contribution is 0.352. The van der Waals surface area contributed by atoms with Crippen molar-refractivity contribution in [3.63, 3.8) is 0 Å². The summed E-state index contributed by atoms with van der Waals surface area (Å²) in [5.41, 5.74) is -0.822. The summed E-state index contributed by atoms with van der Waals surface area (Å²) in [6, 6.07) is -0.976. The monoisotopic (exact) mass is 305 g/mol. The standard InChI is InChI=1S/C15H16F5N/c1-3-5-6-7-9(21-8-4-2)10-11(16)13(18)15(20)14(19)12(10)17/h9,21H,4,6-8H2,1-2H3. The van der Waals surface area contributed by atoms with Crippen LogP contribution in [0.1, 0.15) is 44.7 Å². The average molecular weight is 305 g/mol. The lowest BCUT2D eigenvalue weighted by Gasteiger charge is -2.20. The highest BCUT2D eigenvalue weighted by Gasteiger charge is 2.29. The molecule has 1 N–H and O–H groups in total. The van der Waals surface area contributed by atoms with Crippen molar-refractivity contribution in [2.75, 3.05) is 6.54 Å². The van der Waals surface area contributed by atoms with Crippen molar-refractivity contribution in [3.8, 4) is 11.8 Å². The molecule has 0 radical (unpaired) electrons. The molecule has 1 atom stereocenters. The highest BCUT2D eigenvalue weighted by molar-refractivity contribution is 5.27. The van der Waals surface area contributed by atoms with Crippen molar-refractivity contribution >= 4 is 0 Å². The molecule has 0 fully saturated rings. The number of nitrogens with one attached hydrogen (secondary N) is 1. The van der Waals surface area contributed by atoms with Crippen LogP contribution in [-0.4, -0.2) is 6.54 Å². The van der Waals surface area contributed by atoms with Gasteiger partial charge >= 0.3 is 0 Å². The smallest absolute Gasteiger partial charge is 0.200 e. The van der Waals surface area contributed by atoms with Gasteiger partial charge in [-0.2, -0.15) is 0 Å². The molecule has 0 spiro atoms. The third kappa shape index (κ3) is 3.94. The van der Waals surface area contributed by atoms with Gasteiger partial charge in [0.05, 0.1) is 0 Å². The normalized spacial score (nSPS) is 12.0. The van der Waals surface area contributed by atoms with E-state index in [0.29, 0.717) is 13.0 Å². The van der Waals surface area contributed by atoms with Gasteiger partial charge in [0.15, 0.2) is 23.3 Å². The summed E-state index contributed by atoms with van der Waals surface area (Å²) >= 11 is 0. The van der Waals surface area contributed by atoms with E-state index in [4.69, 9.17) is 0 Å². The van der Waals surface area contributed by atoms with E-state index in [1.165, 1.54) is 0 Å². The van der Waals surface area contributed by atoms with Crippen LogP contribution in [0.5, 0.6) is 0 Å². The van der Waals surface area contributed by atoms with Crippen LogP contribution in [0.4, 0.5) is 22.0 Å². The van der Waals surface area contributed by atoms with Gasteiger partial charge in [0, 0.05) is 18.0 Å². The molecular weight excluding hydrogens is 289 g/mol. The first-order chi connectivity index (χ1) is 9.95. The Morgan fingerprint density at radius 1 is 0.952 bits per heavy atom. The first-order valence-corrected chi connectivity index (χ1v) is 6.59. The van der Waals surface area contributed by atoms with E-state index >= 15 is 0 Å². The van der Waals surface area contributed by atoms with Gasteiger partial charge in [0.2, 0.25) is 5.82 Å². The highest BCUT2D eigenvalue weighted by Crippen LogP contribution is 2.30. The van der Waals surface area contributed by atoms with Crippen LogP contribution in [-0.2, 0) is 0 Å². The summed E-state index contributed by atoms with van der Waals surface area (Å²) in [6.45, 7) is 3.82. The molecule has 21 heavy (non-hydrogen) atoms. The molecular formula is C15H16F5N. The Morgan fingerprint density at radius 2 is 1.48 bits per heavy atom. The zero-order chi connectivity index (χ0) is 16.0. The molecule has 0 aliphatic heterocycles. The SMILES string of the molecule is CC#CCCC(NCCC)c1c(F)c(F)c(F)c(F)c1F. The maximum Gasteiger partial charge on any atom is 0.200 e. The second-order valence-electron chi connectivity index (χ2n) is 4.46. The number of hydrogen-bond donors (Lipinski definition) is 1. The molecule has 1 nitrogen and oxygen atoms in total. The van der Waals surface area contributed by atoms with Crippen molar-refractivity contribution in [3.05, 3.63) is 34.6 Å². The van der Waals surface area contributed by atoms with Gasteiger partial charge in [-0.3, -0.25) is 0 Å². The van der Waals surface area contributed by atoms with Crippen molar-refractivity contribution < 1.29 is 22.0 Å². The van der Waals surface area contributed by atoms with Crippen LogP contribution in [0, 0.1) is 40.9 Å². The van der Waals surface area contributed by atoms with Crippen molar-refractivity contribution in [1.82, 2.24) is 5.32 Å². The van der Waals surface area contributed by atoms with E-state index in [-0.39, 0.29) is 12.8 Å². The topological polar surface area (TPSA) is 12.0 Å². The number of rotatable bonds is 6. The minimum absolute atomic E-state index is 0.152. The van der Waals surface area contributed by atoms with Gasteiger partial charge in [0.25, 0.3) is 0 Å². The highest BCUT2D eigenvalue weighted by atomic mass is 19.2. The Bertz CT molecular complexity index is 530. The quantitative estimate of drug-likeness (QED) is 0.359. The van der Waals surface area contributed by atoms with E-state index in [1.54, 1.807) is 6.92 Å². The number of hydrogen-bond acceptors (Lipinski definition) is 1. The van der Waals surface area contributed by atoms with Crippen LogP contribution in [0.25, 0.3) is 0 Å². The second kappa shape index (κ2) is 7.99. The molecule has 0 aliphatic carbocycles. The third-order valence-electron chi connectivity index (χ3n) is 2.97. The van der Waals surface area contributed by atoms with Crippen molar-refractivity contribution in [1.29, 1.82) is 0 Å². The average Bonchev–Trinajstić information content (AvgIpc) is 2.48. The van der Waals surface area contributed by atoms with E-state index < -0.39 is 40.7 Å². The molecule has 1 unspecified atom stereocenters. The summed E-state index contributed by atoms with van der Waals surface area (Å²) in [6.07, 6.45) is 1.10. The summed E-state index contributed by atoms with van der Waals surface area (Å²) in [5, 5.41) is 2.80. The van der Waals surface area contributed by atoms with Crippen LogP contribution in [0.2, 0.25) is 0 Å². The van der Waals surface area contributed by atoms with Gasteiger partial charge in [-0.05, 0) is 26.3 Å². The van der Waals surface area contributed by atoms with Crippen LogP contribution >= 0.6 is 0 Å². The zero-order valence-electron chi connectivity index (χ0n) is 11.8. The Kier molecular flexibility index (Phi) is 6.63. The lowest BCUT2D eigenvalue weighted by Crippen LogP contribution is -2.25. The van der Waals surface area contributed by atoms with Gasteiger partial charge < -0.3 is 5.32 Å². The Morgan fingerprint density at radius 3 is 1.95 bits per heavy atom. The fraction of sp³-hybridized carbons (Fsp3) is 0.467. The summed E-state index contributed by atoms with van der Waals surface area (Å²) < 4.78 is 67.1. The molecule has 116 valence electrons. The molecule has 0 amide bonds. The fourth-order valence-corrected chi connectivity index (χ4v) is 1.94. The Labute approximate surface area is 120 Å². The van der Waals surface area contributed by atoms with Gasteiger partial charge in [-0.25, -0.2) is 22.0 Å². The summed E-state index contributed by atoms with van der Waals surface area (Å²) in [4.78, 5) is 0. The molecule has 1 aromatic carbocycles. The van der Waals surface area contributed by atoms with E-state index in [9.17, 15) is 22.0 Å². The van der Waals surface area contributed by atoms with Crippen molar-refractivity contribution in [2.45, 2.75) is 39.2 Å². The molecule has 0 saturated carbocycles. The first kappa shape index (κ1) is 17.4. The summed E-state index contributed by atoms with van der Waals surface area (Å²) in [7, 11) is 0. The van der Waals surface area contributed by atoms with Crippen molar-refractivity contribution in [2.24, 2.45) is 0 Å². The molecule has 0 saturated heterocycles. The number of benzene rings is 1. The third-order valence-corrected chi connectivity index (χ3v) is 2.97. The van der Waals surface area contributed by atoms with Crippen LogP contribution in [0.15, 0.2) is 0 Å². The zero-order valence-corrected chi connectivity index (χ0v) is 11.8. The largest absolute Gasteiger partial charge is 0.310 e.